The second kappa shape index (κ2) is 14.5. The van der Waals surface area contributed by atoms with Gasteiger partial charge in [0.1, 0.15) is 11.5 Å². The van der Waals surface area contributed by atoms with Crippen LogP contribution in [-0.2, 0) is 27.1 Å². The number of rotatable bonds is 15. The van der Waals surface area contributed by atoms with Gasteiger partial charge in [-0.15, -0.1) is 0 Å². The summed E-state index contributed by atoms with van der Waals surface area (Å²) in [6, 6.07) is 13.6. The molecule has 1 unspecified atom stereocenters. The second-order valence-corrected chi connectivity index (χ2v) is 8.88. The van der Waals surface area contributed by atoms with Gasteiger partial charge in [-0.3, -0.25) is 4.79 Å². The zero-order chi connectivity index (χ0) is 24.9. The van der Waals surface area contributed by atoms with Gasteiger partial charge in [0, 0.05) is 25.0 Å². The average molecular weight is 483 g/mol. The minimum absolute atomic E-state index is 0.145. The predicted molar refractivity (Wildman–Crippen MR) is 135 cm³/mol. The summed E-state index contributed by atoms with van der Waals surface area (Å²) < 4.78 is 22.8. The van der Waals surface area contributed by atoms with Gasteiger partial charge in [-0.25, -0.2) is 4.79 Å². The lowest BCUT2D eigenvalue weighted by Crippen LogP contribution is -2.28. The molecule has 2 aromatic rings. The molecule has 3 rings (SSSR count). The molecule has 1 aliphatic heterocycles. The molecule has 0 saturated carbocycles. The van der Waals surface area contributed by atoms with Gasteiger partial charge in [0.05, 0.1) is 25.9 Å². The Kier molecular flexibility index (Phi) is 11.1. The van der Waals surface area contributed by atoms with E-state index in [-0.39, 0.29) is 11.8 Å². The highest BCUT2D eigenvalue weighted by atomic mass is 16.6. The lowest BCUT2D eigenvalue weighted by Gasteiger charge is -2.22. The van der Waals surface area contributed by atoms with E-state index in [9.17, 15) is 9.59 Å². The van der Waals surface area contributed by atoms with E-state index in [0.717, 1.165) is 67.6 Å². The van der Waals surface area contributed by atoms with E-state index >= 15 is 0 Å². The van der Waals surface area contributed by atoms with Crippen molar-refractivity contribution in [2.75, 3.05) is 26.9 Å². The molecule has 1 atom stereocenters. The van der Waals surface area contributed by atoms with Crippen molar-refractivity contribution in [1.29, 1.82) is 0 Å². The Morgan fingerprint density at radius 3 is 2.57 bits per heavy atom. The third-order valence-electron chi connectivity index (χ3n) is 6.22. The van der Waals surface area contributed by atoms with Gasteiger partial charge in [-0.05, 0) is 49.8 Å². The number of unbranched alkanes of at least 4 members (excludes halogenated alkanes) is 4. The number of carbonyl (C=O) groups is 2. The highest BCUT2D eigenvalue weighted by Gasteiger charge is 2.24. The average Bonchev–Trinajstić information content (AvgIpc) is 2.88. The lowest BCUT2D eigenvalue weighted by atomic mass is 9.97. The van der Waals surface area contributed by atoms with Crippen molar-refractivity contribution in [2.45, 2.75) is 70.8 Å². The Balaban J connectivity index is 1.45. The normalized spacial score (nSPS) is 13.6. The van der Waals surface area contributed by atoms with Crippen molar-refractivity contribution >= 4 is 11.8 Å². The van der Waals surface area contributed by atoms with Crippen LogP contribution in [0.15, 0.2) is 42.5 Å². The van der Waals surface area contributed by atoms with Crippen molar-refractivity contribution in [2.24, 2.45) is 0 Å². The van der Waals surface area contributed by atoms with Crippen LogP contribution in [0.1, 0.15) is 73.4 Å². The zero-order valence-corrected chi connectivity index (χ0v) is 21.1. The van der Waals surface area contributed by atoms with Crippen molar-refractivity contribution in [1.82, 2.24) is 0 Å². The van der Waals surface area contributed by atoms with E-state index in [0.29, 0.717) is 38.2 Å². The number of ketones is 1. The summed E-state index contributed by atoms with van der Waals surface area (Å²) in [5.41, 5.74) is 2.75. The molecule has 0 radical (unpaired) electrons. The number of hydrogen-bond acceptors (Lipinski definition) is 6. The van der Waals surface area contributed by atoms with E-state index in [2.05, 4.69) is 6.92 Å². The smallest absolute Gasteiger partial charge is 0.335 e. The maximum absolute atomic E-state index is 12.3. The number of benzene rings is 2. The number of fused-ring (bicyclic) bond motifs is 1. The van der Waals surface area contributed by atoms with Crippen LogP contribution in [-0.4, -0.2) is 44.8 Å². The topological polar surface area (TPSA) is 71.1 Å². The summed E-state index contributed by atoms with van der Waals surface area (Å²) in [5.74, 6) is 1.34. The first-order valence-corrected chi connectivity index (χ1v) is 12.8. The Bertz CT molecular complexity index is 940. The summed E-state index contributed by atoms with van der Waals surface area (Å²) in [5, 5.41) is 0. The Morgan fingerprint density at radius 2 is 1.80 bits per heavy atom. The van der Waals surface area contributed by atoms with Gasteiger partial charge in [0.25, 0.3) is 0 Å². The number of esters is 1. The van der Waals surface area contributed by atoms with Crippen LogP contribution in [0, 0.1) is 0 Å². The van der Waals surface area contributed by atoms with Crippen LogP contribution < -0.4 is 9.47 Å². The molecule has 0 amide bonds. The van der Waals surface area contributed by atoms with Crippen LogP contribution in [0.5, 0.6) is 11.5 Å². The molecule has 0 N–H and O–H groups in total. The molecule has 35 heavy (non-hydrogen) atoms. The molecule has 0 saturated heterocycles. The van der Waals surface area contributed by atoms with Crippen molar-refractivity contribution in [3.8, 4) is 11.5 Å². The first-order chi connectivity index (χ1) is 17.1. The van der Waals surface area contributed by atoms with Crippen molar-refractivity contribution in [3.63, 3.8) is 0 Å². The van der Waals surface area contributed by atoms with Gasteiger partial charge < -0.3 is 18.9 Å². The van der Waals surface area contributed by atoms with Crippen molar-refractivity contribution in [3.05, 3.63) is 59.2 Å². The predicted octanol–water partition coefficient (Wildman–Crippen LogP) is 5.73. The van der Waals surface area contributed by atoms with Gasteiger partial charge in [0.15, 0.2) is 11.9 Å². The monoisotopic (exact) mass is 482 g/mol. The molecule has 0 spiro atoms. The van der Waals surface area contributed by atoms with E-state index < -0.39 is 6.10 Å². The molecule has 6 nitrogen and oxygen atoms in total. The fourth-order valence-electron chi connectivity index (χ4n) is 4.26. The summed E-state index contributed by atoms with van der Waals surface area (Å²) in [7, 11) is 1.39. The van der Waals surface area contributed by atoms with Crippen LogP contribution in [0.4, 0.5) is 0 Å². The van der Waals surface area contributed by atoms with Crippen LogP contribution in [0.3, 0.4) is 0 Å². The fraction of sp³-hybridized carbons (Fsp3) is 0.517. The SMILES string of the molecule is CCCCCc1c(OCCCCCOC(Cc2ccccc2)C(=O)OC)ccc2c1OCCC2=O. The van der Waals surface area contributed by atoms with Crippen LogP contribution in [0.2, 0.25) is 0 Å². The van der Waals surface area contributed by atoms with Gasteiger partial charge >= 0.3 is 5.97 Å². The molecule has 0 aliphatic carbocycles. The molecular formula is C29H38O6. The molecule has 0 aromatic heterocycles. The van der Waals surface area contributed by atoms with Gasteiger partial charge in [-0.1, -0.05) is 50.1 Å². The standard InChI is InChI=1S/C29H38O6/c1-3-4-7-14-24-26(16-15-23-25(30)17-20-35-28(23)24)33-18-10-6-11-19-34-27(29(31)32-2)21-22-12-8-5-9-13-22/h5,8-9,12-13,15-16,27H,3-4,6-7,10-11,14,17-21H2,1-2H3. The number of ether oxygens (including phenoxy) is 4. The largest absolute Gasteiger partial charge is 0.493 e. The Morgan fingerprint density at radius 1 is 1.00 bits per heavy atom. The third kappa shape index (κ3) is 8.10. The van der Waals surface area contributed by atoms with Crippen LogP contribution in [0.25, 0.3) is 0 Å². The minimum Gasteiger partial charge on any atom is -0.493 e. The molecular weight excluding hydrogens is 444 g/mol. The van der Waals surface area contributed by atoms with Crippen LogP contribution >= 0.6 is 0 Å². The zero-order valence-electron chi connectivity index (χ0n) is 21.1. The van der Waals surface area contributed by atoms with E-state index in [1.807, 2.05) is 42.5 Å². The van der Waals surface area contributed by atoms with E-state index in [4.69, 9.17) is 18.9 Å². The second-order valence-electron chi connectivity index (χ2n) is 8.88. The molecule has 190 valence electrons. The lowest BCUT2D eigenvalue weighted by molar-refractivity contribution is -0.154. The summed E-state index contributed by atoms with van der Waals surface area (Å²) in [6.45, 7) is 3.69. The summed E-state index contributed by atoms with van der Waals surface area (Å²) >= 11 is 0. The van der Waals surface area contributed by atoms with Gasteiger partial charge in [-0.2, -0.15) is 0 Å². The highest BCUT2D eigenvalue weighted by molar-refractivity contribution is 6.00. The minimum atomic E-state index is -0.595. The quantitative estimate of drug-likeness (QED) is 0.238. The van der Waals surface area contributed by atoms with E-state index in [1.165, 1.54) is 7.11 Å². The molecule has 1 aliphatic rings. The molecule has 2 aromatic carbocycles. The number of Topliss-reactive ketones (excluding diaryl/α,β-unsaturated/α-hetero) is 1. The Labute approximate surface area is 208 Å². The Hall–Kier alpha value is -2.86. The first-order valence-electron chi connectivity index (χ1n) is 12.8. The number of carbonyl (C=O) groups excluding carboxylic acids is 2. The van der Waals surface area contributed by atoms with Gasteiger partial charge in [0.2, 0.25) is 0 Å². The maximum Gasteiger partial charge on any atom is 0.335 e. The first kappa shape index (κ1) is 26.7. The molecule has 0 bridgehead atoms. The fourth-order valence-corrected chi connectivity index (χ4v) is 4.26. The highest BCUT2D eigenvalue weighted by Crippen LogP contribution is 2.37. The van der Waals surface area contributed by atoms with E-state index in [1.54, 1.807) is 0 Å². The maximum atomic E-state index is 12.3. The summed E-state index contributed by atoms with van der Waals surface area (Å²) in [6.07, 6.45) is 7.13. The molecule has 0 fully saturated rings. The third-order valence-corrected chi connectivity index (χ3v) is 6.22. The number of hydrogen-bond donors (Lipinski definition) is 0. The molecule has 6 heteroatoms. The van der Waals surface area contributed by atoms with Crippen molar-refractivity contribution < 1.29 is 28.5 Å². The molecule has 1 heterocycles. The summed E-state index contributed by atoms with van der Waals surface area (Å²) in [4.78, 5) is 24.4. The number of methoxy groups -OCH3 is 1.